The monoisotopic (exact) mass is 272 g/mol. The Kier molecular flexibility index (Phi) is 4.49. The van der Waals surface area contributed by atoms with Crippen molar-refractivity contribution in [2.24, 2.45) is 0 Å². The van der Waals surface area contributed by atoms with Crippen molar-refractivity contribution in [3.63, 3.8) is 0 Å². The molecule has 20 heavy (non-hydrogen) atoms. The smallest absolute Gasteiger partial charge is 0.0900 e. The minimum atomic E-state index is -1.21. The third-order valence-electron chi connectivity index (χ3n) is 2.86. The molecule has 93 valence electrons. The molecule has 0 aliphatic heterocycles. The van der Waals surface area contributed by atoms with E-state index >= 15 is 0 Å². The number of nitrogens with zero attached hydrogens (tertiary/aromatic N) is 2. The second-order valence-electron chi connectivity index (χ2n) is 4.07. The average molecular weight is 272 g/mol. The summed E-state index contributed by atoms with van der Waals surface area (Å²) >= 11 is 0. The number of aromatic carboxylic acids is 1. The topological polar surface area (TPSA) is 65.9 Å². The van der Waals surface area contributed by atoms with Gasteiger partial charge in [-0.15, -0.1) is 0 Å². The summed E-state index contributed by atoms with van der Waals surface area (Å²) in [7, 11) is 0. The first-order chi connectivity index (χ1) is 9.25. The van der Waals surface area contributed by atoms with Gasteiger partial charge in [0.2, 0.25) is 0 Å². The predicted molar refractivity (Wildman–Crippen MR) is 75.1 cm³/mol. The summed E-state index contributed by atoms with van der Waals surface area (Å²) < 4.78 is 0. The van der Waals surface area contributed by atoms with Crippen LogP contribution >= 0.6 is 0 Å². The number of benzene rings is 1. The summed E-state index contributed by atoms with van der Waals surface area (Å²) in [5, 5.41) is 11.8. The number of carbonyl (C=O) groups is 1. The van der Waals surface area contributed by atoms with E-state index in [4.69, 9.17) is 0 Å². The van der Waals surface area contributed by atoms with Gasteiger partial charge in [0, 0.05) is 46.7 Å². The molecule has 0 saturated heterocycles. The van der Waals surface area contributed by atoms with E-state index in [1.165, 1.54) is 6.07 Å². The van der Waals surface area contributed by atoms with E-state index in [2.05, 4.69) is 9.97 Å². The van der Waals surface area contributed by atoms with Gasteiger partial charge in [0.15, 0.2) is 0 Å². The van der Waals surface area contributed by atoms with Crippen LogP contribution in [-0.4, -0.2) is 45.5 Å². The minimum Gasteiger partial charge on any atom is -0.545 e. The van der Waals surface area contributed by atoms with E-state index < -0.39 is 5.97 Å². The van der Waals surface area contributed by atoms with Gasteiger partial charge in [0.1, 0.15) is 0 Å². The van der Waals surface area contributed by atoms with E-state index in [0.717, 1.165) is 0 Å². The zero-order valence-electron chi connectivity index (χ0n) is 10.9. The molecular weight excluding hydrogens is 263 g/mol. The molecule has 0 unspecified atom stereocenters. The molecule has 1 aromatic carbocycles. The van der Waals surface area contributed by atoms with Gasteiger partial charge in [0.25, 0.3) is 0 Å². The van der Waals surface area contributed by atoms with Gasteiger partial charge >= 0.3 is 0 Å². The number of pyridine rings is 2. The zero-order chi connectivity index (χ0) is 13.2. The minimum absolute atomic E-state index is 0. The van der Waals surface area contributed by atoms with Crippen LogP contribution in [0, 0.1) is 0 Å². The van der Waals surface area contributed by atoms with Gasteiger partial charge in [-0.2, -0.15) is 0 Å². The van der Waals surface area contributed by atoms with Crippen molar-refractivity contribution in [1.82, 2.24) is 9.97 Å². The van der Waals surface area contributed by atoms with E-state index in [0.29, 0.717) is 22.3 Å². The van der Waals surface area contributed by atoms with Crippen molar-refractivity contribution in [1.29, 1.82) is 0 Å². The van der Waals surface area contributed by atoms with Gasteiger partial charge in [-0.3, -0.25) is 4.98 Å². The number of hydrogen-bond acceptors (Lipinski definition) is 4. The number of carboxylic acid groups (broad SMARTS) is 1. The van der Waals surface area contributed by atoms with E-state index in [-0.39, 0.29) is 35.1 Å². The molecule has 3 aromatic rings. The summed E-state index contributed by atoms with van der Waals surface area (Å²) in [6.45, 7) is 0. The summed E-state index contributed by atoms with van der Waals surface area (Å²) in [6, 6.07) is 14.0. The van der Waals surface area contributed by atoms with Gasteiger partial charge in [-0.05, 0) is 24.3 Å². The van der Waals surface area contributed by atoms with Crippen LogP contribution in [-0.2, 0) is 0 Å². The molecule has 1 radical (unpaired) electrons. The first-order valence-corrected chi connectivity index (χ1v) is 5.78. The molecule has 0 aliphatic rings. The molecule has 2 heterocycles. The van der Waals surface area contributed by atoms with Gasteiger partial charge in [-0.25, -0.2) is 4.98 Å². The second kappa shape index (κ2) is 6.13. The maximum Gasteiger partial charge on any atom is 0.0900 e. The maximum absolute atomic E-state index is 11.2. The number of carboxylic acids is 1. The Labute approximate surface area is 137 Å². The van der Waals surface area contributed by atoms with Crippen molar-refractivity contribution in [2.75, 3.05) is 0 Å². The summed E-state index contributed by atoms with van der Waals surface area (Å²) in [4.78, 5) is 19.9. The molecule has 0 saturated carbocycles. The Balaban J connectivity index is 0.00000147. The van der Waals surface area contributed by atoms with Crippen LogP contribution in [0.15, 0.2) is 54.7 Å². The van der Waals surface area contributed by atoms with Crippen molar-refractivity contribution < 1.29 is 9.90 Å². The van der Waals surface area contributed by atoms with Crippen LogP contribution in [0.25, 0.3) is 22.3 Å². The molecule has 4 nitrogen and oxygen atoms in total. The third-order valence-corrected chi connectivity index (χ3v) is 2.86. The molecule has 0 aliphatic carbocycles. The number of para-hydroxylation sites is 1. The van der Waals surface area contributed by atoms with Crippen molar-refractivity contribution >= 4 is 46.4 Å². The van der Waals surface area contributed by atoms with Crippen LogP contribution in [0.1, 0.15) is 10.4 Å². The molecule has 0 fully saturated rings. The number of rotatable bonds is 2. The number of carbonyl (C=O) groups excluding carboxylic acids is 1. The van der Waals surface area contributed by atoms with Crippen LogP contribution in [0.5, 0.6) is 0 Å². The van der Waals surface area contributed by atoms with Crippen molar-refractivity contribution in [3.8, 4) is 11.4 Å². The Morgan fingerprint density at radius 2 is 1.75 bits per heavy atom. The summed E-state index contributed by atoms with van der Waals surface area (Å²) in [5.41, 5.74) is 1.91. The molecule has 5 heteroatoms. The van der Waals surface area contributed by atoms with Gasteiger partial charge in [-0.1, -0.05) is 24.3 Å². The standard InChI is InChI=1S/C15H10N2O2.Na/c18-15(19)11-9-14(13-7-3-4-8-16-13)17-12-6-2-1-5-10(11)12;/h1-9H,(H,18,19);/p-1. The van der Waals surface area contributed by atoms with Crippen LogP contribution in [0.4, 0.5) is 0 Å². The average Bonchev–Trinajstić information content (AvgIpc) is 2.47. The number of hydrogen-bond donors (Lipinski definition) is 0. The van der Waals surface area contributed by atoms with Gasteiger partial charge < -0.3 is 9.90 Å². The largest absolute Gasteiger partial charge is 0.545 e. The van der Waals surface area contributed by atoms with Crippen molar-refractivity contribution in [2.45, 2.75) is 0 Å². The van der Waals surface area contributed by atoms with E-state index in [1.54, 1.807) is 36.5 Å². The normalized spacial score (nSPS) is 10.0. The molecule has 0 amide bonds. The van der Waals surface area contributed by atoms with Crippen molar-refractivity contribution in [3.05, 3.63) is 60.3 Å². The van der Waals surface area contributed by atoms with Gasteiger partial charge in [0.05, 0.1) is 22.9 Å². The molecule has 0 atom stereocenters. The summed E-state index contributed by atoms with van der Waals surface area (Å²) in [6.07, 6.45) is 1.64. The Hall–Kier alpha value is -1.75. The molecule has 0 N–H and O–H groups in total. The summed E-state index contributed by atoms with van der Waals surface area (Å²) in [5.74, 6) is -1.21. The first-order valence-electron chi connectivity index (χ1n) is 5.78. The SMILES string of the molecule is O=C([O-])c1cc(-c2ccccn2)nc2ccccc12.[Na]. The fourth-order valence-corrected chi connectivity index (χ4v) is 1.99. The number of aromatic nitrogens is 2. The molecule has 0 spiro atoms. The Morgan fingerprint density at radius 3 is 2.45 bits per heavy atom. The second-order valence-corrected chi connectivity index (χ2v) is 4.07. The van der Waals surface area contributed by atoms with Crippen LogP contribution in [0.2, 0.25) is 0 Å². The van der Waals surface area contributed by atoms with Crippen LogP contribution < -0.4 is 5.11 Å². The fraction of sp³-hybridized carbons (Fsp3) is 0. The molecule has 2 aromatic heterocycles. The molecule has 0 bridgehead atoms. The Bertz CT molecular complexity index is 760. The molecular formula is C15H9N2NaO2-. The first kappa shape index (κ1) is 14.7. The Morgan fingerprint density at radius 1 is 1.00 bits per heavy atom. The molecule has 3 rings (SSSR count). The maximum atomic E-state index is 11.2. The fourth-order valence-electron chi connectivity index (χ4n) is 1.99. The number of fused-ring (bicyclic) bond motifs is 1. The van der Waals surface area contributed by atoms with Crippen LogP contribution in [0.3, 0.4) is 0 Å². The quantitative estimate of drug-likeness (QED) is 0.659. The van der Waals surface area contributed by atoms with E-state index in [1.807, 2.05) is 12.1 Å². The van der Waals surface area contributed by atoms with E-state index in [9.17, 15) is 9.90 Å². The predicted octanol–water partition coefficient (Wildman–Crippen LogP) is 1.28. The third kappa shape index (κ3) is 2.72. The zero-order valence-corrected chi connectivity index (χ0v) is 12.9.